The zero-order chi connectivity index (χ0) is 15.7. The van der Waals surface area contributed by atoms with E-state index >= 15 is 0 Å². The molecule has 1 aromatic carbocycles. The molecule has 0 bridgehead atoms. The quantitative estimate of drug-likeness (QED) is 0.730. The van der Waals surface area contributed by atoms with Crippen LogP contribution in [0, 0.1) is 11.3 Å². The Bertz CT molecular complexity index is 700. The van der Waals surface area contributed by atoms with E-state index in [4.69, 9.17) is 11.6 Å². The van der Waals surface area contributed by atoms with Crippen LogP contribution >= 0.6 is 22.9 Å². The third kappa shape index (κ3) is 2.62. The van der Waals surface area contributed by atoms with Gasteiger partial charge in [0.25, 0.3) is 0 Å². The highest BCUT2D eigenvalue weighted by Gasteiger charge is 2.38. The molecule has 0 saturated heterocycles. The van der Waals surface area contributed by atoms with E-state index in [1.165, 1.54) is 16.1 Å². The van der Waals surface area contributed by atoms with Crippen LogP contribution in [0.15, 0.2) is 35.7 Å². The van der Waals surface area contributed by atoms with Crippen molar-refractivity contribution < 1.29 is 0 Å². The van der Waals surface area contributed by atoms with E-state index in [1.54, 1.807) is 11.3 Å². The van der Waals surface area contributed by atoms with E-state index < -0.39 is 0 Å². The Morgan fingerprint density at radius 1 is 1.41 bits per heavy atom. The van der Waals surface area contributed by atoms with E-state index in [9.17, 15) is 5.26 Å². The Morgan fingerprint density at radius 2 is 2.23 bits per heavy atom. The van der Waals surface area contributed by atoms with Crippen LogP contribution in [0.5, 0.6) is 0 Å². The van der Waals surface area contributed by atoms with Crippen molar-refractivity contribution in [2.24, 2.45) is 0 Å². The van der Waals surface area contributed by atoms with E-state index in [1.807, 2.05) is 12.1 Å². The molecule has 0 fully saturated rings. The van der Waals surface area contributed by atoms with Gasteiger partial charge in [-0.15, -0.1) is 22.9 Å². The number of hydrogen-bond acceptors (Lipinski definition) is 3. The minimum Gasteiger partial charge on any atom is -0.362 e. The Kier molecular flexibility index (Phi) is 4.16. The summed E-state index contributed by atoms with van der Waals surface area (Å²) in [5.41, 5.74) is 3.32. The zero-order valence-electron chi connectivity index (χ0n) is 12.8. The summed E-state index contributed by atoms with van der Waals surface area (Å²) in [6.07, 6.45) is 0.911. The number of anilines is 1. The van der Waals surface area contributed by atoms with Crippen molar-refractivity contribution in [2.75, 3.05) is 17.3 Å². The van der Waals surface area contributed by atoms with Gasteiger partial charge in [0.15, 0.2) is 0 Å². The molecular formula is C18H19ClN2S. The number of fused-ring (bicyclic) bond motifs is 1. The predicted molar refractivity (Wildman–Crippen MR) is 93.9 cm³/mol. The van der Waals surface area contributed by atoms with Gasteiger partial charge in [0.05, 0.1) is 17.7 Å². The fourth-order valence-electron chi connectivity index (χ4n) is 3.32. The normalized spacial score (nSPS) is 17.1. The molecule has 1 unspecified atom stereocenters. The smallest absolute Gasteiger partial charge is 0.0992 e. The van der Waals surface area contributed by atoms with Crippen LogP contribution in [0.2, 0.25) is 0 Å². The Morgan fingerprint density at radius 3 is 2.86 bits per heavy atom. The highest BCUT2D eigenvalue weighted by molar-refractivity contribution is 7.10. The Hall–Kier alpha value is -1.50. The third-order valence-corrected chi connectivity index (χ3v) is 5.55. The molecule has 114 valence electrons. The van der Waals surface area contributed by atoms with Gasteiger partial charge < -0.3 is 4.90 Å². The molecule has 1 aliphatic heterocycles. The lowest BCUT2D eigenvalue weighted by Crippen LogP contribution is -2.32. The molecule has 22 heavy (non-hydrogen) atoms. The van der Waals surface area contributed by atoms with Crippen molar-refractivity contribution in [3.8, 4) is 6.07 Å². The fourth-order valence-corrected chi connectivity index (χ4v) is 4.40. The van der Waals surface area contributed by atoms with Crippen molar-refractivity contribution >= 4 is 28.6 Å². The monoisotopic (exact) mass is 330 g/mol. The molecule has 0 aliphatic carbocycles. The molecule has 0 N–H and O–H groups in total. The van der Waals surface area contributed by atoms with Crippen LogP contribution in [-0.4, -0.2) is 12.4 Å². The summed E-state index contributed by atoms with van der Waals surface area (Å²) >= 11 is 7.85. The highest BCUT2D eigenvalue weighted by Crippen LogP contribution is 2.46. The first-order valence-electron chi connectivity index (χ1n) is 7.47. The van der Waals surface area contributed by atoms with Gasteiger partial charge >= 0.3 is 0 Å². The summed E-state index contributed by atoms with van der Waals surface area (Å²) in [6.45, 7) is 5.49. The predicted octanol–water partition coefficient (Wildman–Crippen LogP) is 5.09. The fraction of sp³-hybridized carbons (Fsp3) is 0.389. The molecule has 0 amide bonds. The second-order valence-electron chi connectivity index (χ2n) is 6.36. The van der Waals surface area contributed by atoms with Crippen LogP contribution in [0.3, 0.4) is 0 Å². The highest BCUT2D eigenvalue weighted by atomic mass is 35.5. The molecule has 1 atom stereocenters. The van der Waals surface area contributed by atoms with Crippen LogP contribution in [0.25, 0.3) is 0 Å². The van der Waals surface area contributed by atoms with Crippen molar-refractivity contribution in [2.45, 2.75) is 31.7 Å². The molecule has 4 heteroatoms. The van der Waals surface area contributed by atoms with Gasteiger partial charge in [0, 0.05) is 28.4 Å². The number of nitriles is 1. The number of benzene rings is 1. The Labute approximate surface area is 140 Å². The maximum absolute atomic E-state index is 9.22. The lowest BCUT2D eigenvalue weighted by atomic mass is 9.86. The molecule has 3 rings (SSSR count). The van der Waals surface area contributed by atoms with Gasteiger partial charge in [-0.2, -0.15) is 5.26 Å². The first-order chi connectivity index (χ1) is 10.6. The van der Waals surface area contributed by atoms with Crippen molar-refractivity contribution in [1.82, 2.24) is 0 Å². The van der Waals surface area contributed by atoms with Crippen molar-refractivity contribution in [3.05, 3.63) is 51.7 Å². The van der Waals surface area contributed by atoms with Crippen LogP contribution < -0.4 is 4.90 Å². The number of hydrogen-bond donors (Lipinski definition) is 0. The summed E-state index contributed by atoms with van der Waals surface area (Å²) < 4.78 is 0. The van der Waals surface area contributed by atoms with E-state index in [-0.39, 0.29) is 11.5 Å². The summed E-state index contributed by atoms with van der Waals surface area (Å²) in [5, 5.41) is 11.3. The lowest BCUT2D eigenvalue weighted by molar-refractivity contribution is 0.514. The largest absolute Gasteiger partial charge is 0.362 e. The van der Waals surface area contributed by atoms with Gasteiger partial charge in [-0.25, -0.2) is 0 Å². The Balaban J connectivity index is 2.07. The molecule has 1 aliphatic rings. The molecule has 0 spiro atoms. The minimum atomic E-state index is 0.0884. The van der Waals surface area contributed by atoms with Crippen molar-refractivity contribution in [1.29, 1.82) is 5.26 Å². The van der Waals surface area contributed by atoms with Gasteiger partial charge in [-0.3, -0.25) is 0 Å². The zero-order valence-corrected chi connectivity index (χ0v) is 14.4. The average Bonchev–Trinajstić information content (AvgIpc) is 3.11. The van der Waals surface area contributed by atoms with Gasteiger partial charge in [-0.05, 0) is 35.6 Å². The van der Waals surface area contributed by atoms with Gasteiger partial charge in [0.2, 0.25) is 0 Å². The van der Waals surface area contributed by atoms with E-state index in [0.29, 0.717) is 5.88 Å². The van der Waals surface area contributed by atoms with E-state index in [0.717, 1.165) is 18.5 Å². The second-order valence-corrected chi connectivity index (χ2v) is 7.72. The number of thiophene rings is 1. The SMILES string of the molecule is CC1(C)CN(C(CCCl)c2cccs2)c2cc(C#N)ccc21. The maximum Gasteiger partial charge on any atom is 0.0992 e. The average molecular weight is 331 g/mol. The van der Waals surface area contributed by atoms with E-state index in [2.05, 4.69) is 48.4 Å². The minimum absolute atomic E-state index is 0.0884. The number of halogens is 1. The lowest BCUT2D eigenvalue weighted by Gasteiger charge is -2.31. The standard InChI is InChI=1S/C18H19ClN2S/c1-18(2)12-21(15(7-8-19)17-4-3-9-22-17)16-10-13(11-20)5-6-14(16)18/h3-6,9-10,15H,7-8,12H2,1-2H3. The number of alkyl halides is 1. The molecule has 2 heterocycles. The van der Waals surface area contributed by atoms with Gasteiger partial charge in [-0.1, -0.05) is 26.0 Å². The van der Waals surface area contributed by atoms with Crippen molar-refractivity contribution in [3.63, 3.8) is 0 Å². The third-order valence-electron chi connectivity index (χ3n) is 4.36. The first kappa shape index (κ1) is 15.4. The van der Waals surface area contributed by atoms with Crippen LogP contribution in [0.1, 0.15) is 42.3 Å². The maximum atomic E-state index is 9.22. The number of rotatable bonds is 4. The van der Waals surface area contributed by atoms with Gasteiger partial charge in [0.1, 0.15) is 0 Å². The first-order valence-corrected chi connectivity index (χ1v) is 8.89. The molecule has 0 saturated carbocycles. The van der Waals surface area contributed by atoms with Crippen LogP contribution in [-0.2, 0) is 5.41 Å². The summed E-state index contributed by atoms with van der Waals surface area (Å²) in [6, 6.07) is 12.9. The molecule has 2 nitrogen and oxygen atoms in total. The molecule has 2 aromatic rings. The molecule has 1 aromatic heterocycles. The number of nitrogens with zero attached hydrogens (tertiary/aromatic N) is 2. The molecule has 0 radical (unpaired) electrons. The summed E-state index contributed by atoms with van der Waals surface area (Å²) in [5.74, 6) is 0.632. The summed E-state index contributed by atoms with van der Waals surface area (Å²) in [7, 11) is 0. The molecular weight excluding hydrogens is 312 g/mol. The van der Waals surface area contributed by atoms with Crippen LogP contribution in [0.4, 0.5) is 5.69 Å². The second kappa shape index (κ2) is 5.95. The topological polar surface area (TPSA) is 27.0 Å². The summed E-state index contributed by atoms with van der Waals surface area (Å²) in [4.78, 5) is 3.77.